The van der Waals surface area contributed by atoms with Crippen LogP contribution in [-0.2, 0) is 0 Å². The molecule has 1 atom stereocenters. The van der Waals surface area contributed by atoms with E-state index < -0.39 is 23.6 Å². The van der Waals surface area contributed by atoms with Crippen LogP contribution in [0.15, 0.2) is 40.9 Å². The topological polar surface area (TPSA) is 20.2 Å². The van der Waals surface area contributed by atoms with E-state index in [1.807, 2.05) is 0 Å². The van der Waals surface area contributed by atoms with Crippen molar-refractivity contribution >= 4 is 15.9 Å². The maximum atomic E-state index is 13.1. The minimum absolute atomic E-state index is 0.0375. The lowest BCUT2D eigenvalue weighted by molar-refractivity contribution is 0.218. The molecule has 2 aromatic carbocycles. The Kier molecular flexibility index (Phi) is 3.73. The molecule has 0 radical (unpaired) electrons. The van der Waals surface area contributed by atoms with Gasteiger partial charge in [-0.25, -0.2) is 13.2 Å². The maximum Gasteiger partial charge on any atom is 0.194 e. The van der Waals surface area contributed by atoms with Gasteiger partial charge < -0.3 is 5.11 Å². The van der Waals surface area contributed by atoms with Crippen molar-refractivity contribution < 1.29 is 18.3 Å². The molecule has 0 aromatic heterocycles. The van der Waals surface area contributed by atoms with Gasteiger partial charge in [-0.3, -0.25) is 0 Å². The Labute approximate surface area is 110 Å². The van der Waals surface area contributed by atoms with E-state index >= 15 is 0 Å². The van der Waals surface area contributed by atoms with Crippen LogP contribution in [0.3, 0.4) is 0 Å². The molecule has 94 valence electrons. The number of hydrogen-bond acceptors (Lipinski definition) is 1. The summed E-state index contributed by atoms with van der Waals surface area (Å²) < 4.78 is 39.6. The average Bonchev–Trinajstić information content (AvgIpc) is 2.34. The van der Waals surface area contributed by atoms with E-state index in [-0.39, 0.29) is 5.56 Å². The first-order valence-electron chi connectivity index (χ1n) is 5.07. The Morgan fingerprint density at radius 3 is 2.11 bits per heavy atom. The van der Waals surface area contributed by atoms with Crippen LogP contribution in [0.1, 0.15) is 17.2 Å². The quantitative estimate of drug-likeness (QED) is 0.832. The lowest BCUT2D eigenvalue weighted by Crippen LogP contribution is -2.03. The van der Waals surface area contributed by atoms with Crippen LogP contribution in [0, 0.1) is 17.5 Å². The fourth-order valence-electron chi connectivity index (χ4n) is 1.60. The van der Waals surface area contributed by atoms with Crippen LogP contribution >= 0.6 is 15.9 Å². The summed E-state index contributed by atoms with van der Waals surface area (Å²) in [5.41, 5.74) is 0.416. The van der Waals surface area contributed by atoms with Crippen molar-refractivity contribution in [2.24, 2.45) is 0 Å². The molecule has 0 amide bonds. The molecule has 0 saturated carbocycles. The van der Waals surface area contributed by atoms with Gasteiger partial charge in [-0.2, -0.15) is 0 Å². The van der Waals surface area contributed by atoms with Crippen molar-refractivity contribution in [3.8, 4) is 0 Å². The summed E-state index contributed by atoms with van der Waals surface area (Å²) >= 11 is 3.22. The summed E-state index contributed by atoms with van der Waals surface area (Å²) in [4.78, 5) is 0. The predicted octanol–water partition coefficient (Wildman–Crippen LogP) is 3.95. The van der Waals surface area contributed by atoms with Gasteiger partial charge in [0.1, 0.15) is 6.10 Å². The lowest BCUT2D eigenvalue weighted by Gasteiger charge is -2.12. The normalized spacial score (nSPS) is 12.5. The summed E-state index contributed by atoms with van der Waals surface area (Å²) in [5.74, 6) is -4.18. The number of halogens is 4. The smallest absolute Gasteiger partial charge is 0.194 e. The monoisotopic (exact) mass is 316 g/mol. The summed E-state index contributed by atoms with van der Waals surface area (Å²) in [7, 11) is 0. The minimum atomic E-state index is -1.54. The molecule has 5 heteroatoms. The number of rotatable bonds is 2. The molecule has 18 heavy (non-hydrogen) atoms. The van der Waals surface area contributed by atoms with E-state index in [1.54, 1.807) is 24.3 Å². The van der Waals surface area contributed by atoms with Crippen LogP contribution in [0.25, 0.3) is 0 Å². The Bertz CT molecular complexity index is 563. The molecular weight excluding hydrogens is 309 g/mol. The van der Waals surface area contributed by atoms with Gasteiger partial charge in [0.2, 0.25) is 0 Å². The lowest BCUT2D eigenvalue weighted by atomic mass is 10.0. The standard InChI is InChI=1S/C13H8BrF3O/c14-9-3-1-2-7(4-9)13(18)8-5-10(15)12(17)11(16)6-8/h1-6,13,18H/t13-/m1/s1. The van der Waals surface area contributed by atoms with Crippen LogP contribution in [-0.4, -0.2) is 5.11 Å². The molecule has 0 aliphatic rings. The van der Waals surface area contributed by atoms with Crippen LogP contribution in [0.5, 0.6) is 0 Å². The van der Waals surface area contributed by atoms with Crippen molar-refractivity contribution in [2.45, 2.75) is 6.10 Å². The van der Waals surface area contributed by atoms with E-state index in [9.17, 15) is 18.3 Å². The van der Waals surface area contributed by atoms with Gasteiger partial charge in [-0.05, 0) is 35.4 Å². The van der Waals surface area contributed by atoms with Crippen molar-refractivity contribution in [3.05, 3.63) is 69.4 Å². The molecule has 2 rings (SSSR count). The Morgan fingerprint density at radius 2 is 1.56 bits per heavy atom. The fourth-order valence-corrected chi connectivity index (χ4v) is 2.02. The van der Waals surface area contributed by atoms with Gasteiger partial charge in [-0.15, -0.1) is 0 Å². The molecule has 1 N–H and O–H groups in total. The highest BCUT2D eigenvalue weighted by Crippen LogP contribution is 2.26. The first-order valence-corrected chi connectivity index (χ1v) is 5.86. The maximum absolute atomic E-state index is 13.1. The second kappa shape index (κ2) is 5.12. The van der Waals surface area contributed by atoms with Gasteiger partial charge >= 0.3 is 0 Å². The second-order valence-corrected chi connectivity index (χ2v) is 4.67. The predicted molar refractivity (Wildman–Crippen MR) is 64.5 cm³/mol. The number of hydrogen-bond donors (Lipinski definition) is 1. The van der Waals surface area contributed by atoms with Crippen LogP contribution in [0.2, 0.25) is 0 Å². The molecule has 0 unspecified atom stereocenters. The van der Waals surface area contributed by atoms with E-state index in [0.29, 0.717) is 5.56 Å². The zero-order valence-corrected chi connectivity index (χ0v) is 10.6. The number of benzene rings is 2. The molecule has 2 aromatic rings. The Morgan fingerprint density at radius 1 is 0.944 bits per heavy atom. The highest BCUT2D eigenvalue weighted by molar-refractivity contribution is 9.10. The molecule has 0 heterocycles. The van der Waals surface area contributed by atoms with E-state index in [0.717, 1.165) is 16.6 Å². The van der Waals surface area contributed by atoms with Gasteiger partial charge in [0.25, 0.3) is 0 Å². The van der Waals surface area contributed by atoms with Crippen molar-refractivity contribution in [2.75, 3.05) is 0 Å². The first kappa shape index (κ1) is 13.1. The van der Waals surface area contributed by atoms with Gasteiger partial charge in [-0.1, -0.05) is 28.1 Å². The third-order valence-corrected chi connectivity index (χ3v) is 2.98. The molecule has 0 aliphatic carbocycles. The molecule has 0 aliphatic heterocycles. The minimum Gasteiger partial charge on any atom is -0.384 e. The Balaban J connectivity index is 2.43. The summed E-state index contributed by atoms with van der Waals surface area (Å²) in [6.07, 6.45) is -1.22. The molecule has 0 fully saturated rings. The highest BCUT2D eigenvalue weighted by atomic mass is 79.9. The van der Waals surface area contributed by atoms with Crippen LogP contribution < -0.4 is 0 Å². The summed E-state index contributed by atoms with van der Waals surface area (Å²) in [6, 6.07) is 8.22. The second-order valence-electron chi connectivity index (χ2n) is 3.76. The molecule has 1 nitrogen and oxygen atoms in total. The van der Waals surface area contributed by atoms with E-state index in [2.05, 4.69) is 15.9 Å². The number of aliphatic hydroxyl groups is 1. The van der Waals surface area contributed by atoms with Gasteiger partial charge in [0.15, 0.2) is 17.5 Å². The van der Waals surface area contributed by atoms with Crippen LogP contribution in [0.4, 0.5) is 13.2 Å². The zero-order valence-electron chi connectivity index (χ0n) is 9.00. The van der Waals surface area contributed by atoms with E-state index in [1.165, 1.54) is 0 Å². The zero-order chi connectivity index (χ0) is 13.3. The molecule has 0 bridgehead atoms. The molecule has 0 saturated heterocycles. The van der Waals surface area contributed by atoms with E-state index in [4.69, 9.17) is 0 Å². The Hall–Kier alpha value is -1.33. The third kappa shape index (κ3) is 2.57. The van der Waals surface area contributed by atoms with Gasteiger partial charge in [0, 0.05) is 4.47 Å². The first-order chi connectivity index (χ1) is 8.49. The molecular formula is C13H8BrF3O. The van der Waals surface area contributed by atoms with Crippen molar-refractivity contribution in [3.63, 3.8) is 0 Å². The number of aliphatic hydroxyl groups excluding tert-OH is 1. The summed E-state index contributed by atoms with van der Waals surface area (Å²) in [5, 5.41) is 9.98. The van der Waals surface area contributed by atoms with Crippen molar-refractivity contribution in [1.82, 2.24) is 0 Å². The molecule has 0 spiro atoms. The SMILES string of the molecule is O[C@H](c1cccc(Br)c1)c1cc(F)c(F)c(F)c1. The fraction of sp³-hybridized carbons (Fsp3) is 0.0769. The highest BCUT2D eigenvalue weighted by Gasteiger charge is 2.17. The largest absolute Gasteiger partial charge is 0.384 e. The van der Waals surface area contributed by atoms with Gasteiger partial charge in [0.05, 0.1) is 0 Å². The van der Waals surface area contributed by atoms with Crippen molar-refractivity contribution in [1.29, 1.82) is 0 Å². The third-order valence-electron chi connectivity index (χ3n) is 2.49. The average molecular weight is 317 g/mol. The summed E-state index contributed by atoms with van der Waals surface area (Å²) in [6.45, 7) is 0.